The van der Waals surface area contributed by atoms with E-state index in [0.29, 0.717) is 18.1 Å². The lowest BCUT2D eigenvalue weighted by Crippen LogP contribution is -2.42. The fourth-order valence-electron chi connectivity index (χ4n) is 2.19. The molecular weight excluding hydrogens is 363 g/mol. The first kappa shape index (κ1) is 19.5. The van der Waals surface area contributed by atoms with Crippen molar-refractivity contribution in [2.75, 3.05) is 13.7 Å². The second-order valence-electron chi connectivity index (χ2n) is 5.18. The third kappa shape index (κ3) is 4.86. The first-order valence-electron chi connectivity index (χ1n) is 7.79. The van der Waals surface area contributed by atoms with E-state index in [1.165, 1.54) is 37.4 Å². The van der Waals surface area contributed by atoms with E-state index < -0.39 is 17.6 Å². The molecule has 0 heterocycles. The molecule has 26 heavy (non-hydrogen) atoms. The third-order valence-corrected chi connectivity index (χ3v) is 3.79. The molecule has 0 spiro atoms. The minimum Gasteiger partial charge on any atom is -0.493 e. The Hall–Kier alpha value is -2.80. The number of rotatable bonds is 6. The standard InChI is InChI=1S/C18H18ClFN2O4/c1-3-26-15-8-7-11(9-16(15)25-2)18(24)22-21-17(23)10-12-13(19)5-4-6-14(12)20/h4-9H,3,10H2,1-2H3,(H,21,23)(H,22,24). The lowest BCUT2D eigenvalue weighted by atomic mass is 10.1. The van der Waals surface area contributed by atoms with Gasteiger partial charge in [0.25, 0.3) is 5.91 Å². The summed E-state index contributed by atoms with van der Waals surface area (Å²) in [6.07, 6.45) is -0.307. The Balaban J connectivity index is 1.99. The van der Waals surface area contributed by atoms with Crippen LogP contribution in [0.4, 0.5) is 4.39 Å². The summed E-state index contributed by atoms with van der Waals surface area (Å²) in [6.45, 7) is 2.29. The molecule has 0 fully saturated rings. The average Bonchev–Trinajstić information content (AvgIpc) is 2.63. The molecule has 0 atom stereocenters. The van der Waals surface area contributed by atoms with E-state index in [9.17, 15) is 14.0 Å². The van der Waals surface area contributed by atoms with Crippen LogP contribution in [0.25, 0.3) is 0 Å². The van der Waals surface area contributed by atoms with Gasteiger partial charge in [0.05, 0.1) is 20.1 Å². The van der Waals surface area contributed by atoms with E-state index in [1.54, 1.807) is 6.07 Å². The van der Waals surface area contributed by atoms with Crippen molar-refractivity contribution in [1.82, 2.24) is 10.9 Å². The van der Waals surface area contributed by atoms with Crippen LogP contribution in [0, 0.1) is 5.82 Å². The molecule has 0 aliphatic rings. The maximum atomic E-state index is 13.7. The topological polar surface area (TPSA) is 76.7 Å². The van der Waals surface area contributed by atoms with Crippen LogP contribution in [0.2, 0.25) is 5.02 Å². The van der Waals surface area contributed by atoms with Crippen LogP contribution >= 0.6 is 11.6 Å². The first-order chi connectivity index (χ1) is 12.5. The van der Waals surface area contributed by atoms with Gasteiger partial charge in [-0.25, -0.2) is 4.39 Å². The van der Waals surface area contributed by atoms with E-state index in [2.05, 4.69) is 10.9 Å². The summed E-state index contributed by atoms with van der Waals surface area (Å²) in [6, 6.07) is 8.75. The molecule has 0 aromatic heterocycles. The zero-order valence-electron chi connectivity index (χ0n) is 14.3. The Morgan fingerprint density at radius 3 is 2.58 bits per heavy atom. The quantitative estimate of drug-likeness (QED) is 0.755. The van der Waals surface area contributed by atoms with Crippen molar-refractivity contribution in [2.45, 2.75) is 13.3 Å². The van der Waals surface area contributed by atoms with Crippen molar-refractivity contribution in [1.29, 1.82) is 0 Å². The van der Waals surface area contributed by atoms with Crippen molar-refractivity contribution in [3.05, 3.63) is 58.4 Å². The minimum atomic E-state index is -0.608. The Labute approximate surface area is 155 Å². The maximum absolute atomic E-state index is 13.7. The number of amides is 2. The molecule has 6 nitrogen and oxygen atoms in total. The highest BCUT2D eigenvalue weighted by Crippen LogP contribution is 2.28. The second kappa shape index (κ2) is 9.05. The molecule has 0 bridgehead atoms. The van der Waals surface area contributed by atoms with E-state index in [4.69, 9.17) is 21.1 Å². The number of methoxy groups -OCH3 is 1. The Kier molecular flexibility index (Phi) is 6.80. The van der Waals surface area contributed by atoms with Crippen molar-refractivity contribution in [2.24, 2.45) is 0 Å². The molecule has 0 radical (unpaired) electrons. The van der Waals surface area contributed by atoms with Crippen molar-refractivity contribution in [3.63, 3.8) is 0 Å². The molecule has 2 aromatic rings. The molecule has 0 aliphatic heterocycles. The van der Waals surface area contributed by atoms with Gasteiger partial charge in [-0.2, -0.15) is 0 Å². The van der Waals surface area contributed by atoms with Gasteiger partial charge in [-0.3, -0.25) is 20.4 Å². The largest absolute Gasteiger partial charge is 0.493 e. The van der Waals surface area contributed by atoms with Gasteiger partial charge in [-0.05, 0) is 37.3 Å². The summed E-state index contributed by atoms with van der Waals surface area (Å²) in [7, 11) is 1.46. The molecule has 0 saturated carbocycles. The van der Waals surface area contributed by atoms with Gasteiger partial charge in [0.2, 0.25) is 5.91 Å². The highest BCUT2D eigenvalue weighted by Gasteiger charge is 2.14. The molecule has 138 valence electrons. The number of nitrogens with one attached hydrogen (secondary N) is 2. The predicted octanol–water partition coefficient (Wildman–Crippen LogP) is 2.89. The normalized spacial score (nSPS) is 10.2. The van der Waals surface area contributed by atoms with Gasteiger partial charge < -0.3 is 9.47 Å². The third-order valence-electron chi connectivity index (χ3n) is 3.44. The molecule has 2 aromatic carbocycles. The summed E-state index contributed by atoms with van der Waals surface area (Å²) in [5, 5.41) is 0.141. The maximum Gasteiger partial charge on any atom is 0.269 e. The minimum absolute atomic E-state index is 0.0589. The van der Waals surface area contributed by atoms with Crippen molar-refractivity contribution >= 4 is 23.4 Å². The molecule has 2 amide bonds. The Morgan fingerprint density at radius 1 is 1.15 bits per heavy atom. The number of halogens is 2. The SMILES string of the molecule is CCOc1ccc(C(=O)NNC(=O)Cc2c(F)cccc2Cl)cc1OC. The number of carbonyl (C=O) groups excluding carboxylic acids is 2. The summed E-state index contributed by atoms with van der Waals surface area (Å²) in [5.41, 5.74) is 4.80. The van der Waals surface area contributed by atoms with Crippen LogP contribution in [0.1, 0.15) is 22.8 Å². The second-order valence-corrected chi connectivity index (χ2v) is 5.59. The number of benzene rings is 2. The van der Waals surface area contributed by atoms with Gasteiger partial charge in [-0.15, -0.1) is 0 Å². The van der Waals surface area contributed by atoms with Gasteiger partial charge in [-0.1, -0.05) is 17.7 Å². The highest BCUT2D eigenvalue weighted by atomic mass is 35.5. The number of hydrogen-bond donors (Lipinski definition) is 2. The van der Waals surface area contributed by atoms with Crippen molar-refractivity contribution in [3.8, 4) is 11.5 Å². The first-order valence-corrected chi connectivity index (χ1v) is 8.17. The van der Waals surface area contributed by atoms with E-state index >= 15 is 0 Å². The van der Waals surface area contributed by atoms with E-state index in [0.717, 1.165) is 0 Å². The van der Waals surface area contributed by atoms with Gasteiger partial charge in [0, 0.05) is 16.1 Å². The highest BCUT2D eigenvalue weighted by molar-refractivity contribution is 6.31. The molecule has 0 unspecified atom stereocenters. The van der Waals surface area contributed by atoms with Gasteiger partial charge >= 0.3 is 0 Å². The fourth-order valence-corrected chi connectivity index (χ4v) is 2.42. The zero-order chi connectivity index (χ0) is 19.1. The molecule has 2 N–H and O–H groups in total. The Morgan fingerprint density at radius 2 is 1.92 bits per heavy atom. The van der Waals surface area contributed by atoms with Crippen LogP contribution in [0.15, 0.2) is 36.4 Å². The molecule has 8 heteroatoms. The molecule has 0 saturated heterocycles. The van der Waals surface area contributed by atoms with Crippen LogP contribution in [0.5, 0.6) is 11.5 Å². The predicted molar refractivity (Wildman–Crippen MR) is 94.9 cm³/mol. The summed E-state index contributed by atoms with van der Waals surface area (Å²) >= 11 is 5.87. The molecule has 0 aliphatic carbocycles. The zero-order valence-corrected chi connectivity index (χ0v) is 15.0. The monoisotopic (exact) mass is 380 g/mol. The number of hydrazine groups is 1. The number of carbonyl (C=O) groups is 2. The number of ether oxygens (including phenoxy) is 2. The van der Waals surface area contributed by atoms with Crippen LogP contribution in [-0.4, -0.2) is 25.5 Å². The number of hydrogen-bond acceptors (Lipinski definition) is 4. The smallest absolute Gasteiger partial charge is 0.269 e. The summed E-state index contributed by atoms with van der Waals surface area (Å²) in [5.74, 6) is -0.855. The van der Waals surface area contributed by atoms with E-state index in [-0.39, 0.29) is 22.6 Å². The Bertz CT molecular complexity index is 794. The van der Waals surface area contributed by atoms with Crippen molar-refractivity contribution < 1.29 is 23.5 Å². The lowest BCUT2D eigenvalue weighted by molar-refractivity contribution is -0.121. The van der Waals surface area contributed by atoms with Crippen LogP contribution in [-0.2, 0) is 11.2 Å². The van der Waals surface area contributed by atoms with E-state index in [1.807, 2.05) is 6.92 Å². The fraction of sp³-hybridized carbons (Fsp3) is 0.222. The molecular formula is C18H18ClFN2O4. The summed E-state index contributed by atoms with van der Waals surface area (Å²) in [4.78, 5) is 24.1. The molecule has 2 rings (SSSR count). The average molecular weight is 381 g/mol. The summed E-state index contributed by atoms with van der Waals surface area (Å²) < 4.78 is 24.2. The lowest BCUT2D eigenvalue weighted by Gasteiger charge is -2.12. The van der Waals surface area contributed by atoms with Gasteiger partial charge in [0.1, 0.15) is 5.82 Å². The van der Waals surface area contributed by atoms with Gasteiger partial charge in [0.15, 0.2) is 11.5 Å². The van der Waals surface area contributed by atoms with Crippen LogP contribution in [0.3, 0.4) is 0 Å². The van der Waals surface area contributed by atoms with Crippen LogP contribution < -0.4 is 20.3 Å².